The normalized spacial score (nSPS) is 17.2. The zero-order valence-electron chi connectivity index (χ0n) is 14.5. The maximum atomic E-state index is 13.7. The van der Waals surface area contributed by atoms with Crippen LogP contribution in [0, 0.1) is 29.1 Å². The van der Waals surface area contributed by atoms with Crippen molar-refractivity contribution in [1.82, 2.24) is 4.98 Å². The molecule has 0 bridgehead atoms. The maximum Gasteiger partial charge on any atom is 0.349 e. The second-order valence-corrected chi connectivity index (χ2v) is 6.67. The van der Waals surface area contributed by atoms with E-state index < -0.39 is 63.8 Å². The van der Waals surface area contributed by atoms with Crippen molar-refractivity contribution in [3.05, 3.63) is 74.8 Å². The van der Waals surface area contributed by atoms with E-state index in [1.165, 1.54) is 18.2 Å². The number of ether oxygens (including phenoxy) is 1. The van der Waals surface area contributed by atoms with E-state index in [4.69, 9.17) is 0 Å². The Balaban J connectivity index is 1.70. The number of pyridine rings is 1. The number of nitrogens with one attached hydrogen (secondary N) is 1. The zero-order chi connectivity index (χ0) is 22.0. The largest absolute Gasteiger partial charge is 0.416 e. The van der Waals surface area contributed by atoms with Gasteiger partial charge in [0.05, 0.1) is 5.92 Å². The number of carbonyl (C=O) groups is 1. The average Bonchev–Trinajstić information content (AvgIpc) is 3.35. The Bertz CT molecular complexity index is 1260. The number of aromatic amines is 1. The van der Waals surface area contributed by atoms with Crippen LogP contribution in [0.25, 0.3) is 10.9 Å². The first kappa shape index (κ1) is 19.9. The molecule has 1 atom stereocenters. The van der Waals surface area contributed by atoms with E-state index in [-0.39, 0.29) is 22.9 Å². The Morgan fingerprint density at radius 1 is 0.967 bits per heavy atom. The lowest BCUT2D eigenvalue weighted by Gasteiger charge is -2.09. The summed E-state index contributed by atoms with van der Waals surface area (Å²) in [5, 5.41) is 0.187. The molecule has 30 heavy (non-hydrogen) atoms. The number of fused-ring (bicyclic) bond motifs is 1. The third kappa shape index (κ3) is 3.10. The molecule has 1 heterocycles. The number of alkyl halides is 2. The van der Waals surface area contributed by atoms with Gasteiger partial charge < -0.3 is 9.72 Å². The van der Waals surface area contributed by atoms with Crippen molar-refractivity contribution in [2.24, 2.45) is 0 Å². The SMILES string of the molecule is O=C(Oc1c(F)c(F)c(F)c(F)c1F)c1cc2ccc(C3CC3(F)F)cc2[nH]c1=O. The molecule has 11 heteroatoms. The maximum absolute atomic E-state index is 13.7. The number of hydrogen-bond donors (Lipinski definition) is 1. The molecule has 0 spiro atoms. The first-order valence-corrected chi connectivity index (χ1v) is 8.29. The van der Waals surface area contributed by atoms with Gasteiger partial charge in [-0.3, -0.25) is 4.79 Å². The minimum absolute atomic E-state index is 0.105. The van der Waals surface area contributed by atoms with Crippen molar-refractivity contribution in [2.75, 3.05) is 0 Å². The third-order valence-electron chi connectivity index (χ3n) is 4.68. The number of halogens is 7. The average molecular weight is 431 g/mol. The van der Waals surface area contributed by atoms with E-state index in [1.54, 1.807) is 0 Å². The lowest BCUT2D eigenvalue weighted by atomic mass is 10.1. The van der Waals surface area contributed by atoms with Gasteiger partial charge in [0.2, 0.25) is 34.8 Å². The number of carbonyl (C=O) groups excluding carboxylic acids is 1. The topological polar surface area (TPSA) is 59.2 Å². The van der Waals surface area contributed by atoms with Crippen LogP contribution in [-0.4, -0.2) is 16.9 Å². The molecule has 156 valence electrons. The van der Waals surface area contributed by atoms with E-state index in [0.29, 0.717) is 0 Å². The molecular weight excluding hydrogens is 423 g/mol. The minimum atomic E-state index is -2.84. The van der Waals surface area contributed by atoms with Gasteiger partial charge in [-0.1, -0.05) is 12.1 Å². The van der Waals surface area contributed by atoms with Crippen LogP contribution < -0.4 is 10.3 Å². The van der Waals surface area contributed by atoms with Crippen molar-refractivity contribution >= 4 is 16.9 Å². The quantitative estimate of drug-likeness (QED) is 0.217. The predicted octanol–water partition coefficient (Wildman–Crippen LogP) is 4.57. The lowest BCUT2D eigenvalue weighted by Crippen LogP contribution is -2.22. The molecule has 1 N–H and O–H groups in total. The summed E-state index contributed by atoms with van der Waals surface area (Å²) in [4.78, 5) is 26.5. The number of aromatic nitrogens is 1. The van der Waals surface area contributed by atoms with Crippen LogP contribution in [0.3, 0.4) is 0 Å². The van der Waals surface area contributed by atoms with Crippen LogP contribution >= 0.6 is 0 Å². The molecule has 1 fully saturated rings. The van der Waals surface area contributed by atoms with Crippen LogP contribution in [-0.2, 0) is 0 Å². The Morgan fingerprint density at radius 3 is 2.10 bits per heavy atom. The summed E-state index contributed by atoms with van der Waals surface area (Å²) in [6, 6.07) is 4.91. The molecule has 1 aliphatic rings. The molecule has 0 aliphatic heterocycles. The number of benzene rings is 2. The molecule has 0 radical (unpaired) electrons. The second kappa shape index (κ2) is 6.57. The van der Waals surface area contributed by atoms with Gasteiger partial charge in [0.15, 0.2) is 0 Å². The number of esters is 1. The molecule has 2 aromatic carbocycles. The molecule has 0 saturated heterocycles. The summed E-state index contributed by atoms with van der Waals surface area (Å²) in [5.74, 6) is -19.2. The highest BCUT2D eigenvalue weighted by Crippen LogP contribution is 2.55. The van der Waals surface area contributed by atoms with Crippen LogP contribution in [0.1, 0.15) is 28.3 Å². The van der Waals surface area contributed by atoms with Crippen LogP contribution in [0.15, 0.2) is 29.1 Å². The van der Waals surface area contributed by atoms with Crippen LogP contribution in [0.5, 0.6) is 5.75 Å². The Labute approximate surface area is 161 Å². The Morgan fingerprint density at radius 2 is 1.53 bits per heavy atom. The monoisotopic (exact) mass is 431 g/mol. The van der Waals surface area contributed by atoms with Gasteiger partial charge in [0, 0.05) is 11.9 Å². The van der Waals surface area contributed by atoms with Crippen molar-refractivity contribution in [3.63, 3.8) is 0 Å². The van der Waals surface area contributed by atoms with Gasteiger partial charge in [-0.25, -0.2) is 26.7 Å². The van der Waals surface area contributed by atoms with Crippen molar-refractivity contribution in [1.29, 1.82) is 0 Å². The third-order valence-corrected chi connectivity index (χ3v) is 4.68. The first-order valence-electron chi connectivity index (χ1n) is 8.29. The van der Waals surface area contributed by atoms with E-state index in [9.17, 15) is 40.3 Å². The van der Waals surface area contributed by atoms with Crippen molar-refractivity contribution in [3.8, 4) is 5.75 Å². The number of H-pyrrole nitrogens is 1. The molecular formula is C19H8F7NO3. The lowest BCUT2D eigenvalue weighted by molar-refractivity contribution is 0.0714. The number of rotatable bonds is 3. The van der Waals surface area contributed by atoms with E-state index in [1.807, 2.05) is 0 Å². The number of hydrogen-bond acceptors (Lipinski definition) is 3. The van der Waals surface area contributed by atoms with Gasteiger partial charge in [-0.15, -0.1) is 0 Å². The molecule has 1 aliphatic carbocycles. The van der Waals surface area contributed by atoms with Crippen molar-refractivity contribution in [2.45, 2.75) is 18.3 Å². The fourth-order valence-electron chi connectivity index (χ4n) is 2.98. The van der Waals surface area contributed by atoms with Crippen LogP contribution in [0.4, 0.5) is 30.7 Å². The summed E-state index contributed by atoms with van der Waals surface area (Å²) >= 11 is 0. The molecule has 1 aromatic heterocycles. The molecule has 0 amide bonds. The highest BCUT2D eigenvalue weighted by atomic mass is 19.3. The van der Waals surface area contributed by atoms with E-state index in [2.05, 4.69) is 9.72 Å². The minimum Gasteiger partial charge on any atom is -0.416 e. The first-order chi connectivity index (χ1) is 14.0. The summed E-state index contributed by atoms with van der Waals surface area (Å²) in [6.07, 6.45) is -0.338. The van der Waals surface area contributed by atoms with Gasteiger partial charge in [-0.05, 0) is 23.1 Å². The smallest absolute Gasteiger partial charge is 0.349 e. The van der Waals surface area contributed by atoms with Crippen molar-refractivity contribution < 1.29 is 40.3 Å². The Hall–Kier alpha value is -3.37. The highest BCUT2D eigenvalue weighted by molar-refractivity contribution is 5.95. The highest BCUT2D eigenvalue weighted by Gasteiger charge is 2.57. The van der Waals surface area contributed by atoms with Crippen LogP contribution in [0.2, 0.25) is 0 Å². The van der Waals surface area contributed by atoms with Gasteiger partial charge in [0.1, 0.15) is 5.56 Å². The molecule has 4 rings (SSSR count). The molecule has 1 saturated carbocycles. The summed E-state index contributed by atoms with van der Waals surface area (Å²) in [6.45, 7) is 0. The van der Waals surface area contributed by atoms with E-state index >= 15 is 0 Å². The fourth-order valence-corrected chi connectivity index (χ4v) is 2.98. The van der Waals surface area contributed by atoms with Gasteiger partial charge in [-0.2, -0.15) is 8.78 Å². The summed E-state index contributed by atoms with van der Waals surface area (Å²) in [5.41, 5.74) is -1.54. The Kier molecular flexibility index (Phi) is 4.37. The molecule has 4 nitrogen and oxygen atoms in total. The van der Waals surface area contributed by atoms with E-state index in [0.717, 1.165) is 6.07 Å². The van der Waals surface area contributed by atoms with Gasteiger partial charge >= 0.3 is 5.97 Å². The molecule has 1 unspecified atom stereocenters. The standard InChI is InChI=1S/C19H8F7NO3/c20-11-12(21)14(23)16(15(24)13(11)22)30-18(29)8-3-7-2-1-6(9-5-19(9,25)26)4-10(7)27-17(8)28/h1-4,9H,5H2,(H,27,28). The molecule has 3 aromatic rings. The summed E-state index contributed by atoms with van der Waals surface area (Å²) < 4.78 is 97.6. The zero-order valence-corrected chi connectivity index (χ0v) is 14.5. The second-order valence-electron chi connectivity index (χ2n) is 6.67. The predicted molar refractivity (Wildman–Crippen MR) is 88.1 cm³/mol. The fraction of sp³-hybridized carbons (Fsp3) is 0.158. The van der Waals surface area contributed by atoms with Gasteiger partial charge in [0.25, 0.3) is 11.5 Å². The summed E-state index contributed by atoms with van der Waals surface area (Å²) in [7, 11) is 0.